The van der Waals surface area contributed by atoms with E-state index in [2.05, 4.69) is 10.6 Å². The maximum absolute atomic E-state index is 13.8. The highest BCUT2D eigenvalue weighted by Gasteiger charge is 2.49. The van der Waals surface area contributed by atoms with Gasteiger partial charge < -0.3 is 5.32 Å². The van der Waals surface area contributed by atoms with Crippen LogP contribution in [0.3, 0.4) is 0 Å². The molecule has 3 rings (SSSR count). The number of carbonyl (C=O) groups excluding carboxylic acids is 2. The SMILES string of the molecule is C[C@]1(C2CCN(S(=O)(=O)c3cc(F)c(F)cc3F)CC2)NC(=O)NC1=O. The normalized spacial score (nSPS) is 25.2. The Morgan fingerprint density at radius 2 is 1.65 bits per heavy atom. The molecule has 0 aromatic heterocycles. The van der Waals surface area contributed by atoms with Crippen LogP contribution >= 0.6 is 0 Å². The van der Waals surface area contributed by atoms with Crippen LogP contribution in [-0.2, 0) is 14.8 Å². The monoisotopic (exact) mass is 391 g/mol. The number of carbonyl (C=O) groups is 2. The number of amides is 3. The molecule has 26 heavy (non-hydrogen) atoms. The molecular formula is C15H16F3N3O4S. The number of urea groups is 1. The number of hydrogen-bond acceptors (Lipinski definition) is 4. The van der Waals surface area contributed by atoms with Gasteiger partial charge in [-0.25, -0.2) is 26.4 Å². The molecule has 0 unspecified atom stereocenters. The number of rotatable bonds is 3. The standard InChI is InChI=1S/C15H16F3N3O4S/c1-15(13(22)19-14(23)20-15)8-2-4-21(5-3-8)26(24,25)12-7-10(17)9(16)6-11(12)18/h6-8H,2-5H2,1H3,(H2,19,20,22,23)/t15-/m1/s1. The second-order valence-corrected chi connectivity index (χ2v) is 8.39. The van der Waals surface area contributed by atoms with Crippen LogP contribution in [0.5, 0.6) is 0 Å². The van der Waals surface area contributed by atoms with Crippen LogP contribution in [0, 0.1) is 23.4 Å². The molecule has 1 aromatic rings. The molecule has 1 aromatic carbocycles. The van der Waals surface area contributed by atoms with Gasteiger partial charge in [-0.05, 0) is 31.7 Å². The highest BCUT2D eigenvalue weighted by Crippen LogP contribution is 2.33. The topological polar surface area (TPSA) is 95.6 Å². The molecule has 0 bridgehead atoms. The maximum Gasteiger partial charge on any atom is 0.322 e. The van der Waals surface area contributed by atoms with Crippen molar-refractivity contribution < 1.29 is 31.2 Å². The first-order valence-electron chi connectivity index (χ1n) is 7.84. The van der Waals surface area contributed by atoms with E-state index in [1.807, 2.05) is 0 Å². The van der Waals surface area contributed by atoms with Crippen molar-refractivity contribution in [2.75, 3.05) is 13.1 Å². The van der Waals surface area contributed by atoms with Crippen LogP contribution < -0.4 is 10.6 Å². The number of piperidine rings is 1. The van der Waals surface area contributed by atoms with Crippen molar-refractivity contribution in [3.8, 4) is 0 Å². The Bertz CT molecular complexity index is 884. The molecule has 3 amide bonds. The van der Waals surface area contributed by atoms with Gasteiger partial charge in [-0.15, -0.1) is 0 Å². The summed E-state index contributed by atoms with van der Waals surface area (Å²) in [5.74, 6) is -5.13. The van der Waals surface area contributed by atoms with Crippen LogP contribution in [0.4, 0.5) is 18.0 Å². The first-order valence-corrected chi connectivity index (χ1v) is 9.28. The molecular weight excluding hydrogens is 375 g/mol. The van der Waals surface area contributed by atoms with E-state index in [1.165, 1.54) is 0 Å². The predicted molar refractivity (Wildman–Crippen MR) is 82.9 cm³/mol. The van der Waals surface area contributed by atoms with Crippen molar-refractivity contribution in [3.63, 3.8) is 0 Å². The Labute approximate surface area is 147 Å². The van der Waals surface area contributed by atoms with Crippen molar-refractivity contribution in [1.29, 1.82) is 0 Å². The Hall–Kier alpha value is -2.14. The minimum atomic E-state index is -4.36. The average molecular weight is 391 g/mol. The van der Waals surface area contributed by atoms with Gasteiger partial charge in [0.1, 0.15) is 16.3 Å². The number of hydrogen-bond donors (Lipinski definition) is 2. The molecule has 2 saturated heterocycles. The maximum atomic E-state index is 13.8. The smallest absolute Gasteiger partial charge is 0.322 e. The molecule has 2 aliphatic heterocycles. The Morgan fingerprint density at radius 3 is 2.19 bits per heavy atom. The Kier molecular flexibility index (Phi) is 4.47. The largest absolute Gasteiger partial charge is 0.323 e. The molecule has 1 atom stereocenters. The van der Waals surface area contributed by atoms with Crippen LogP contribution in [-0.4, -0.2) is 43.3 Å². The van der Waals surface area contributed by atoms with E-state index in [4.69, 9.17) is 0 Å². The highest BCUT2D eigenvalue weighted by molar-refractivity contribution is 7.89. The minimum absolute atomic E-state index is 0.0514. The summed E-state index contributed by atoms with van der Waals surface area (Å²) in [6.45, 7) is 1.45. The third kappa shape index (κ3) is 2.94. The zero-order valence-electron chi connectivity index (χ0n) is 13.7. The van der Waals surface area contributed by atoms with E-state index in [1.54, 1.807) is 6.92 Å². The number of nitrogens with one attached hydrogen (secondary N) is 2. The van der Waals surface area contributed by atoms with Crippen LogP contribution in [0.25, 0.3) is 0 Å². The average Bonchev–Trinajstić information content (AvgIpc) is 2.84. The van der Waals surface area contributed by atoms with Crippen molar-refractivity contribution in [1.82, 2.24) is 14.9 Å². The molecule has 2 heterocycles. The van der Waals surface area contributed by atoms with E-state index in [0.29, 0.717) is 6.07 Å². The second-order valence-electron chi connectivity index (χ2n) is 6.49. The summed E-state index contributed by atoms with van der Waals surface area (Å²) in [5.41, 5.74) is -1.15. The van der Waals surface area contributed by atoms with Gasteiger partial charge in [0.15, 0.2) is 11.6 Å². The van der Waals surface area contributed by atoms with Crippen molar-refractivity contribution >= 4 is 22.0 Å². The van der Waals surface area contributed by atoms with Crippen LogP contribution in [0.1, 0.15) is 19.8 Å². The van der Waals surface area contributed by atoms with Gasteiger partial charge in [0.2, 0.25) is 10.0 Å². The van der Waals surface area contributed by atoms with Gasteiger partial charge in [0, 0.05) is 19.2 Å². The molecule has 0 spiro atoms. The third-order valence-corrected chi connectivity index (χ3v) is 6.85. The molecule has 2 N–H and O–H groups in total. The summed E-state index contributed by atoms with van der Waals surface area (Å²) in [5, 5.41) is 4.68. The van der Waals surface area contributed by atoms with E-state index >= 15 is 0 Å². The first kappa shape index (κ1) is 18.6. The molecule has 0 radical (unpaired) electrons. The van der Waals surface area contributed by atoms with Crippen molar-refractivity contribution in [3.05, 3.63) is 29.6 Å². The van der Waals surface area contributed by atoms with Gasteiger partial charge >= 0.3 is 6.03 Å². The zero-order valence-corrected chi connectivity index (χ0v) is 14.5. The van der Waals surface area contributed by atoms with Crippen molar-refractivity contribution in [2.45, 2.75) is 30.2 Å². The zero-order chi connectivity index (χ0) is 19.3. The highest BCUT2D eigenvalue weighted by atomic mass is 32.2. The first-order chi connectivity index (χ1) is 12.1. The minimum Gasteiger partial charge on any atom is -0.323 e. The van der Waals surface area contributed by atoms with Gasteiger partial charge in [0.05, 0.1) is 0 Å². The molecule has 2 fully saturated rings. The molecule has 7 nitrogen and oxygen atoms in total. The lowest BCUT2D eigenvalue weighted by atomic mass is 9.79. The summed E-state index contributed by atoms with van der Waals surface area (Å²) in [7, 11) is -4.36. The molecule has 142 valence electrons. The second kappa shape index (κ2) is 6.23. The number of sulfonamides is 1. The lowest BCUT2D eigenvalue weighted by molar-refractivity contribution is -0.125. The molecule has 11 heteroatoms. The summed E-state index contributed by atoms with van der Waals surface area (Å²) >= 11 is 0. The summed E-state index contributed by atoms with van der Waals surface area (Å²) in [6.07, 6.45) is 0.462. The summed E-state index contributed by atoms with van der Waals surface area (Å²) < 4.78 is 66.3. The van der Waals surface area contributed by atoms with Gasteiger partial charge in [-0.3, -0.25) is 10.1 Å². The number of halogens is 3. The van der Waals surface area contributed by atoms with Gasteiger partial charge in [0.25, 0.3) is 5.91 Å². The predicted octanol–water partition coefficient (Wildman–Crippen LogP) is 1.10. The van der Waals surface area contributed by atoms with Gasteiger partial charge in [-0.2, -0.15) is 4.31 Å². The van der Waals surface area contributed by atoms with Gasteiger partial charge in [-0.1, -0.05) is 0 Å². The van der Waals surface area contributed by atoms with Crippen molar-refractivity contribution in [2.24, 2.45) is 5.92 Å². The number of nitrogens with zero attached hydrogens (tertiary/aromatic N) is 1. The fourth-order valence-corrected chi connectivity index (χ4v) is 4.89. The number of imide groups is 1. The Balaban J connectivity index is 1.79. The number of benzene rings is 1. The quantitative estimate of drug-likeness (QED) is 0.596. The van der Waals surface area contributed by atoms with E-state index in [0.717, 1.165) is 4.31 Å². The lowest BCUT2D eigenvalue weighted by Crippen LogP contribution is -2.54. The third-order valence-electron chi connectivity index (χ3n) is 4.94. The molecule has 0 aliphatic carbocycles. The van der Waals surface area contributed by atoms with E-state index < -0.39 is 49.8 Å². The van der Waals surface area contributed by atoms with E-state index in [-0.39, 0.29) is 37.9 Å². The molecule has 0 saturated carbocycles. The lowest BCUT2D eigenvalue weighted by Gasteiger charge is -2.38. The Morgan fingerprint density at radius 1 is 1.08 bits per heavy atom. The fourth-order valence-electron chi connectivity index (χ4n) is 3.36. The van der Waals surface area contributed by atoms with Crippen LogP contribution in [0.15, 0.2) is 17.0 Å². The summed E-state index contributed by atoms with van der Waals surface area (Å²) in [6, 6.07) is -0.108. The fraction of sp³-hybridized carbons (Fsp3) is 0.467. The van der Waals surface area contributed by atoms with E-state index in [9.17, 15) is 31.2 Å². The molecule has 2 aliphatic rings. The van der Waals surface area contributed by atoms with Crippen LogP contribution in [0.2, 0.25) is 0 Å². The summed E-state index contributed by atoms with van der Waals surface area (Å²) in [4.78, 5) is 22.4.